The molecule has 6 heteroatoms. The van der Waals surface area contributed by atoms with Crippen molar-refractivity contribution >= 4 is 17.1 Å². The molecule has 1 aliphatic rings. The Labute approximate surface area is 175 Å². The number of hydrogen-bond donors (Lipinski definition) is 2. The van der Waals surface area contributed by atoms with Gasteiger partial charge >= 0.3 is 0 Å². The number of aromatic hydroxyl groups is 1. The number of fused-ring (bicyclic) bond motifs is 2. The minimum absolute atomic E-state index is 0.113. The number of phenolic OH excluding ortho intramolecular Hbond substituents is 1. The largest absolute Gasteiger partial charge is 0.505 e. The van der Waals surface area contributed by atoms with Crippen LogP contribution in [0.2, 0.25) is 0 Å². The molecular formula is C24H25FN4O. The first-order valence-electron chi connectivity index (χ1n) is 10.0. The molecule has 2 aromatic carbocycles. The van der Waals surface area contributed by atoms with E-state index < -0.39 is 5.82 Å². The number of halogens is 1. The maximum atomic E-state index is 14.2. The average Bonchev–Trinajstić information content (AvgIpc) is 3.01. The molecule has 154 valence electrons. The van der Waals surface area contributed by atoms with Crippen LogP contribution in [-0.4, -0.2) is 15.7 Å². The third-order valence-corrected chi connectivity index (χ3v) is 5.59. The summed E-state index contributed by atoms with van der Waals surface area (Å²) in [5.74, 6) is -0.300. The number of para-hydroxylation sites is 1. The number of anilines is 1. The van der Waals surface area contributed by atoms with Gasteiger partial charge in [0.05, 0.1) is 12.1 Å². The summed E-state index contributed by atoms with van der Waals surface area (Å²) in [5, 5.41) is 22.2. The number of aromatic nitrogens is 1. The van der Waals surface area contributed by atoms with Crippen LogP contribution in [0.25, 0.3) is 5.57 Å². The highest BCUT2D eigenvalue weighted by molar-refractivity contribution is 5.92. The minimum Gasteiger partial charge on any atom is -0.505 e. The molecule has 2 atom stereocenters. The summed E-state index contributed by atoms with van der Waals surface area (Å²) in [5.41, 5.74) is 5.24. The van der Waals surface area contributed by atoms with Crippen LogP contribution in [0, 0.1) is 5.82 Å². The number of azo groups is 1. The molecule has 0 bridgehead atoms. The number of hydrogen-bond acceptors (Lipinski definition) is 4. The maximum Gasteiger partial charge on any atom is 0.165 e. The Morgan fingerprint density at radius 1 is 1.27 bits per heavy atom. The van der Waals surface area contributed by atoms with Gasteiger partial charge in [0.25, 0.3) is 0 Å². The summed E-state index contributed by atoms with van der Waals surface area (Å²) in [6.45, 7) is 8.47. The van der Waals surface area contributed by atoms with Crippen molar-refractivity contribution in [1.29, 1.82) is 0 Å². The van der Waals surface area contributed by atoms with E-state index in [0.29, 0.717) is 5.56 Å². The second-order valence-corrected chi connectivity index (χ2v) is 7.68. The number of rotatable bonds is 4. The van der Waals surface area contributed by atoms with Crippen LogP contribution in [0.3, 0.4) is 0 Å². The van der Waals surface area contributed by atoms with E-state index in [1.54, 1.807) is 6.07 Å². The Morgan fingerprint density at radius 3 is 2.77 bits per heavy atom. The predicted molar refractivity (Wildman–Crippen MR) is 118 cm³/mol. The lowest BCUT2D eigenvalue weighted by atomic mass is 9.94. The topological polar surface area (TPSA) is 61.9 Å². The van der Waals surface area contributed by atoms with E-state index >= 15 is 0 Å². The Hall–Kier alpha value is -3.41. The van der Waals surface area contributed by atoms with E-state index in [1.165, 1.54) is 12.1 Å². The third kappa shape index (κ3) is 3.38. The summed E-state index contributed by atoms with van der Waals surface area (Å²) in [6.07, 6.45) is 2.89. The molecule has 4 rings (SSSR count). The zero-order valence-corrected chi connectivity index (χ0v) is 17.4. The van der Waals surface area contributed by atoms with Crippen molar-refractivity contribution < 1.29 is 9.50 Å². The average molecular weight is 404 g/mol. The quantitative estimate of drug-likeness (QED) is 0.499. The fraction of sp³-hybridized carbons (Fsp3) is 0.250. The first-order chi connectivity index (χ1) is 14.4. The lowest BCUT2D eigenvalue weighted by Crippen LogP contribution is -2.12. The molecular weight excluding hydrogens is 379 g/mol. The normalized spacial score (nSPS) is 16.7. The standard InChI is InChI=1S/C24H25FN4O/c1-5-14(2)27-28-24-22-15(3)17-8-6-7-9-20(17)26-23(18(22)13-29(24)4)16-10-11-21(30)19(25)12-16/h6-14,23,26,30H,3,5H2,1-2,4H3. The van der Waals surface area contributed by atoms with Gasteiger partial charge in [0.1, 0.15) is 0 Å². The Balaban J connectivity index is 1.94. The second kappa shape index (κ2) is 7.78. The van der Waals surface area contributed by atoms with E-state index in [9.17, 15) is 9.50 Å². The fourth-order valence-corrected chi connectivity index (χ4v) is 3.73. The van der Waals surface area contributed by atoms with Crippen LogP contribution in [0.1, 0.15) is 48.6 Å². The van der Waals surface area contributed by atoms with Gasteiger partial charge in [-0.2, -0.15) is 5.11 Å². The lowest BCUT2D eigenvalue weighted by molar-refractivity contribution is 0.431. The molecule has 2 N–H and O–H groups in total. The van der Waals surface area contributed by atoms with Crippen LogP contribution in [-0.2, 0) is 7.05 Å². The molecule has 0 aliphatic carbocycles. The van der Waals surface area contributed by atoms with Crippen molar-refractivity contribution in [1.82, 2.24) is 4.57 Å². The van der Waals surface area contributed by atoms with Crippen LogP contribution in [0.4, 0.5) is 15.9 Å². The monoisotopic (exact) mass is 404 g/mol. The van der Waals surface area contributed by atoms with Crippen molar-refractivity contribution in [3.05, 3.63) is 83.3 Å². The molecule has 1 aliphatic heterocycles. The molecule has 3 aromatic rings. The molecule has 2 heterocycles. The number of phenols is 1. The molecule has 30 heavy (non-hydrogen) atoms. The van der Waals surface area contributed by atoms with Gasteiger partial charge in [0.15, 0.2) is 17.4 Å². The van der Waals surface area contributed by atoms with Gasteiger partial charge in [-0.1, -0.05) is 37.8 Å². The highest BCUT2D eigenvalue weighted by Gasteiger charge is 2.30. The smallest absolute Gasteiger partial charge is 0.165 e. The number of nitrogens with one attached hydrogen (secondary N) is 1. The van der Waals surface area contributed by atoms with Crippen LogP contribution < -0.4 is 5.32 Å². The number of benzene rings is 2. The summed E-state index contributed by atoms with van der Waals surface area (Å²) >= 11 is 0. The molecule has 0 fully saturated rings. The Morgan fingerprint density at radius 2 is 2.03 bits per heavy atom. The number of nitrogens with zero attached hydrogens (tertiary/aromatic N) is 3. The van der Waals surface area contributed by atoms with Crippen LogP contribution in [0.15, 0.2) is 65.5 Å². The molecule has 0 radical (unpaired) electrons. The predicted octanol–water partition coefficient (Wildman–Crippen LogP) is 6.33. The molecule has 5 nitrogen and oxygen atoms in total. The van der Waals surface area contributed by atoms with E-state index in [4.69, 9.17) is 0 Å². The Bertz CT molecular complexity index is 1150. The van der Waals surface area contributed by atoms with Crippen LogP contribution >= 0.6 is 0 Å². The maximum absolute atomic E-state index is 14.2. The zero-order chi connectivity index (χ0) is 21.4. The minimum atomic E-state index is -0.653. The van der Waals surface area contributed by atoms with Crippen molar-refractivity contribution in [2.75, 3.05) is 5.32 Å². The second-order valence-electron chi connectivity index (χ2n) is 7.68. The zero-order valence-electron chi connectivity index (χ0n) is 17.4. The molecule has 0 saturated heterocycles. The van der Waals surface area contributed by atoms with Crippen LogP contribution in [0.5, 0.6) is 5.75 Å². The molecule has 0 amide bonds. The Kier molecular flexibility index (Phi) is 5.16. The van der Waals surface area contributed by atoms with E-state index in [-0.39, 0.29) is 17.8 Å². The van der Waals surface area contributed by atoms with E-state index in [2.05, 4.69) is 29.0 Å². The molecule has 0 spiro atoms. The van der Waals surface area contributed by atoms with Crippen molar-refractivity contribution in [2.24, 2.45) is 17.3 Å². The van der Waals surface area contributed by atoms with Gasteiger partial charge in [-0.3, -0.25) is 0 Å². The summed E-state index contributed by atoms with van der Waals surface area (Å²) in [7, 11) is 1.92. The van der Waals surface area contributed by atoms with Gasteiger partial charge in [-0.05, 0) is 42.7 Å². The summed E-state index contributed by atoms with van der Waals surface area (Å²) in [4.78, 5) is 0. The van der Waals surface area contributed by atoms with Crippen molar-refractivity contribution in [2.45, 2.75) is 32.4 Å². The number of aryl methyl sites for hydroxylation is 1. The van der Waals surface area contributed by atoms with Gasteiger partial charge in [0.2, 0.25) is 0 Å². The van der Waals surface area contributed by atoms with Gasteiger partial charge in [-0.25, -0.2) is 4.39 Å². The van der Waals surface area contributed by atoms with E-state index in [1.807, 2.05) is 49.0 Å². The van der Waals surface area contributed by atoms with Gasteiger partial charge in [0, 0.05) is 35.6 Å². The summed E-state index contributed by atoms with van der Waals surface area (Å²) < 4.78 is 16.1. The fourth-order valence-electron chi connectivity index (χ4n) is 3.73. The molecule has 0 saturated carbocycles. The molecule has 2 unspecified atom stereocenters. The molecule has 1 aromatic heterocycles. The first kappa shape index (κ1) is 19.9. The third-order valence-electron chi connectivity index (χ3n) is 5.59. The van der Waals surface area contributed by atoms with E-state index in [0.717, 1.165) is 40.2 Å². The first-order valence-corrected chi connectivity index (χ1v) is 10.0. The van der Waals surface area contributed by atoms with Crippen molar-refractivity contribution in [3.63, 3.8) is 0 Å². The lowest BCUT2D eigenvalue weighted by Gasteiger charge is -2.19. The SMILES string of the molecule is C=C1c2ccccc2NC(c2ccc(O)c(F)c2)c2cn(C)c(N=NC(C)CC)c21. The van der Waals surface area contributed by atoms with Gasteiger partial charge in [-0.15, -0.1) is 5.11 Å². The highest BCUT2D eigenvalue weighted by Crippen LogP contribution is 2.45. The van der Waals surface area contributed by atoms with Crippen molar-refractivity contribution in [3.8, 4) is 5.75 Å². The highest BCUT2D eigenvalue weighted by atomic mass is 19.1. The summed E-state index contributed by atoms with van der Waals surface area (Å²) in [6, 6.07) is 12.2. The van der Waals surface area contributed by atoms with Gasteiger partial charge < -0.3 is 15.0 Å².